The largest absolute Gasteiger partial charge is 0.490 e. The lowest BCUT2D eigenvalue weighted by Gasteiger charge is -2.35. The molecule has 3 aromatic rings. The predicted molar refractivity (Wildman–Crippen MR) is 182 cm³/mol. The Hall–Kier alpha value is -4.14. The molecule has 1 aliphatic heterocycles. The number of nitrogens with one attached hydrogen (secondary N) is 2. The minimum absolute atomic E-state index is 0.0726. The standard InChI is InChI=1S/C34H47N5O8S/c1-22-19-39(23(2)21-40)33(41)29-18-28(37-48(43,44)32-25(4)36-47-26(32)5)15-16-30(29)46-24(3)12-10-11-17-45-31(22)20-38(6)34(42)35-27-13-8-7-9-14-27/h7-9,13-16,18,22-24,31,37,40H,10-12,17,19-21H2,1-6H3,(H,35,42)/t22-,23+,24+,31+/m0/s1. The molecule has 4 rings (SSSR count). The number of anilines is 2. The normalized spacial score (nSPS) is 20.2. The number of likely N-dealkylation sites (N-methyl/N-ethyl adjacent to an activating group) is 1. The summed E-state index contributed by atoms with van der Waals surface area (Å²) in [6, 6.07) is 12.8. The molecule has 3 N–H and O–H groups in total. The fourth-order valence-corrected chi connectivity index (χ4v) is 6.99. The van der Waals surface area contributed by atoms with Crippen molar-refractivity contribution in [1.29, 1.82) is 0 Å². The molecule has 3 amide bonds. The third kappa shape index (κ3) is 9.26. The second-order valence-electron chi connectivity index (χ2n) is 12.4. The highest BCUT2D eigenvalue weighted by Crippen LogP contribution is 2.30. The molecule has 0 spiro atoms. The summed E-state index contributed by atoms with van der Waals surface area (Å²) in [6.07, 6.45) is 1.58. The number of amides is 3. The van der Waals surface area contributed by atoms with Crippen molar-refractivity contribution < 1.29 is 37.1 Å². The first-order valence-electron chi connectivity index (χ1n) is 16.2. The van der Waals surface area contributed by atoms with Gasteiger partial charge in [0.15, 0.2) is 10.7 Å². The van der Waals surface area contributed by atoms with Crippen molar-refractivity contribution in [2.75, 3.05) is 43.4 Å². The van der Waals surface area contributed by atoms with Crippen LogP contribution in [-0.2, 0) is 14.8 Å². The van der Waals surface area contributed by atoms with E-state index in [2.05, 4.69) is 15.2 Å². The number of urea groups is 1. The molecule has 0 unspecified atom stereocenters. The topological polar surface area (TPSA) is 164 Å². The van der Waals surface area contributed by atoms with Crippen LogP contribution in [0.2, 0.25) is 0 Å². The third-order valence-corrected chi connectivity index (χ3v) is 9.99. The van der Waals surface area contributed by atoms with E-state index >= 15 is 0 Å². The third-order valence-electron chi connectivity index (χ3n) is 8.37. The maximum absolute atomic E-state index is 14.4. The summed E-state index contributed by atoms with van der Waals surface area (Å²) in [7, 11) is -2.40. The number of hydrogen-bond acceptors (Lipinski definition) is 9. The van der Waals surface area contributed by atoms with Crippen LogP contribution in [0.15, 0.2) is 57.9 Å². The summed E-state index contributed by atoms with van der Waals surface area (Å²) in [4.78, 5) is 30.4. The van der Waals surface area contributed by atoms with Crippen LogP contribution in [0.5, 0.6) is 5.75 Å². The Morgan fingerprint density at radius 1 is 1.12 bits per heavy atom. The fraction of sp³-hybridized carbons (Fsp3) is 0.500. The first kappa shape index (κ1) is 36.7. The number of aromatic nitrogens is 1. The average molecular weight is 686 g/mol. The molecule has 0 aliphatic carbocycles. The lowest BCUT2D eigenvalue weighted by Crippen LogP contribution is -2.48. The van der Waals surface area contributed by atoms with E-state index in [9.17, 15) is 23.1 Å². The number of aryl methyl sites for hydroxylation is 2. The van der Waals surface area contributed by atoms with Crippen molar-refractivity contribution in [2.45, 2.75) is 77.0 Å². The van der Waals surface area contributed by atoms with Gasteiger partial charge in [-0.1, -0.05) is 30.3 Å². The molecule has 0 bridgehead atoms. The van der Waals surface area contributed by atoms with E-state index in [4.69, 9.17) is 14.0 Å². The molecule has 4 atom stereocenters. The van der Waals surface area contributed by atoms with Crippen molar-refractivity contribution in [3.05, 3.63) is 65.5 Å². The molecule has 0 saturated heterocycles. The quantitative estimate of drug-likeness (QED) is 0.294. The van der Waals surface area contributed by atoms with Crippen LogP contribution >= 0.6 is 0 Å². The maximum Gasteiger partial charge on any atom is 0.321 e. The number of rotatable bonds is 8. The first-order valence-corrected chi connectivity index (χ1v) is 17.7. The van der Waals surface area contributed by atoms with Crippen molar-refractivity contribution in [1.82, 2.24) is 15.0 Å². The van der Waals surface area contributed by atoms with Gasteiger partial charge < -0.3 is 34.2 Å². The summed E-state index contributed by atoms with van der Waals surface area (Å²) in [5.74, 6) is -0.265. The smallest absolute Gasteiger partial charge is 0.321 e. The number of hydrogen-bond donors (Lipinski definition) is 3. The molecule has 48 heavy (non-hydrogen) atoms. The van der Waals surface area contributed by atoms with Crippen LogP contribution < -0.4 is 14.8 Å². The zero-order chi connectivity index (χ0) is 35.0. The minimum atomic E-state index is -4.09. The van der Waals surface area contributed by atoms with Gasteiger partial charge in [0.1, 0.15) is 11.4 Å². The molecular formula is C34H47N5O8S. The molecule has 0 saturated carbocycles. The van der Waals surface area contributed by atoms with E-state index in [1.54, 1.807) is 31.0 Å². The number of nitrogens with zero attached hydrogens (tertiary/aromatic N) is 3. The number of carbonyl (C=O) groups is 2. The molecular weight excluding hydrogens is 638 g/mol. The molecule has 0 fully saturated rings. The van der Waals surface area contributed by atoms with E-state index < -0.39 is 28.1 Å². The Bertz CT molecular complexity index is 1630. The Morgan fingerprint density at radius 2 is 1.85 bits per heavy atom. The van der Waals surface area contributed by atoms with E-state index in [0.717, 1.165) is 12.8 Å². The zero-order valence-electron chi connectivity index (χ0n) is 28.4. The molecule has 14 heteroatoms. The minimum Gasteiger partial charge on any atom is -0.490 e. The Morgan fingerprint density at radius 3 is 2.52 bits per heavy atom. The van der Waals surface area contributed by atoms with Crippen LogP contribution in [-0.4, -0.2) is 92.0 Å². The summed E-state index contributed by atoms with van der Waals surface area (Å²) in [5, 5.41) is 16.9. The van der Waals surface area contributed by atoms with E-state index in [-0.39, 0.29) is 65.3 Å². The van der Waals surface area contributed by atoms with E-state index in [1.165, 1.54) is 24.8 Å². The van der Waals surface area contributed by atoms with Crippen LogP contribution in [0.4, 0.5) is 16.2 Å². The van der Waals surface area contributed by atoms with Crippen LogP contribution in [0.3, 0.4) is 0 Å². The SMILES string of the molecule is Cc1noc(C)c1S(=O)(=O)Nc1ccc2c(c1)C(=O)N([C@H](C)CO)C[C@H](C)[C@@H](CN(C)C(=O)Nc1ccccc1)OCCCC[C@@H](C)O2. The Balaban J connectivity index is 1.64. The molecule has 13 nitrogen and oxygen atoms in total. The highest BCUT2D eigenvalue weighted by Gasteiger charge is 2.32. The van der Waals surface area contributed by atoms with E-state index in [0.29, 0.717) is 24.5 Å². The van der Waals surface area contributed by atoms with Gasteiger partial charge in [-0.2, -0.15) is 0 Å². The van der Waals surface area contributed by atoms with Gasteiger partial charge in [-0.25, -0.2) is 13.2 Å². The summed E-state index contributed by atoms with van der Waals surface area (Å²) in [6.45, 7) is 9.23. The number of aliphatic hydroxyl groups is 1. The van der Waals surface area contributed by atoms with Gasteiger partial charge in [0.2, 0.25) is 0 Å². The Labute approximate surface area is 282 Å². The number of benzene rings is 2. The number of sulfonamides is 1. The molecule has 2 aromatic carbocycles. The van der Waals surface area contributed by atoms with Crippen molar-refractivity contribution in [3.63, 3.8) is 0 Å². The number of fused-ring (bicyclic) bond motifs is 1. The summed E-state index contributed by atoms with van der Waals surface area (Å²) in [5.41, 5.74) is 1.17. The maximum atomic E-state index is 14.4. The first-order chi connectivity index (χ1) is 22.8. The van der Waals surface area contributed by atoms with E-state index in [1.807, 2.05) is 44.2 Å². The second-order valence-corrected chi connectivity index (χ2v) is 14.1. The molecule has 0 radical (unpaired) electrons. The second kappa shape index (κ2) is 16.3. The lowest BCUT2D eigenvalue weighted by atomic mass is 10.0. The molecule has 1 aromatic heterocycles. The number of ether oxygens (including phenoxy) is 2. The number of aliphatic hydroxyl groups excluding tert-OH is 1. The summed E-state index contributed by atoms with van der Waals surface area (Å²) >= 11 is 0. The number of carbonyl (C=O) groups excluding carboxylic acids is 2. The fourth-order valence-electron chi connectivity index (χ4n) is 5.61. The molecule has 1 aliphatic rings. The van der Waals surface area contributed by atoms with Crippen molar-refractivity contribution >= 4 is 33.3 Å². The van der Waals surface area contributed by atoms with Gasteiger partial charge in [-0.3, -0.25) is 9.52 Å². The van der Waals surface area contributed by atoms with Crippen LogP contribution in [0.25, 0.3) is 0 Å². The monoisotopic (exact) mass is 685 g/mol. The highest BCUT2D eigenvalue weighted by atomic mass is 32.2. The van der Waals surface area contributed by atoms with Gasteiger partial charge in [-0.05, 0) is 77.3 Å². The zero-order valence-corrected chi connectivity index (χ0v) is 29.2. The predicted octanol–water partition coefficient (Wildman–Crippen LogP) is 5.05. The molecule has 2 heterocycles. The van der Waals surface area contributed by atoms with Crippen molar-refractivity contribution in [3.8, 4) is 5.75 Å². The van der Waals surface area contributed by atoms with Gasteiger partial charge in [-0.15, -0.1) is 0 Å². The average Bonchev–Trinajstić information content (AvgIpc) is 3.40. The van der Waals surface area contributed by atoms with Gasteiger partial charge in [0.25, 0.3) is 15.9 Å². The van der Waals surface area contributed by atoms with Gasteiger partial charge in [0.05, 0.1) is 30.4 Å². The van der Waals surface area contributed by atoms with Gasteiger partial charge >= 0.3 is 6.03 Å². The van der Waals surface area contributed by atoms with Crippen LogP contribution in [0.1, 0.15) is 61.8 Å². The summed E-state index contributed by atoms with van der Waals surface area (Å²) < 4.78 is 46.8. The van der Waals surface area contributed by atoms with Crippen molar-refractivity contribution in [2.24, 2.45) is 5.92 Å². The Kier molecular flexibility index (Phi) is 12.5. The van der Waals surface area contributed by atoms with Crippen LogP contribution in [0, 0.1) is 19.8 Å². The molecule has 262 valence electrons. The number of para-hydroxylation sites is 1. The van der Waals surface area contributed by atoms with Gasteiger partial charge in [0, 0.05) is 44.0 Å². The lowest BCUT2D eigenvalue weighted by molar-refractivity contribution is -0.0115. The highest BCUT2D eigenvalue weighted by molar-refractivity contribution is 7.92.